The molecule has 0 amide bonds. The lowest BCUT2D eigenvalue weighted by molar-refractivity contribution is 0.191. The van der Waals surface area contributed by atoms with Gasteiger partial charge in [0.2, 0.25) is 0 Å². The van der Waals surface area contributed by atoms with Crippen LogP contribution in [0.5, 0.6) is 0 Å². The summed E-state index contributed by atoms with van der Waals surface area (Å²) in [5.41, 5.74) is -0.215. The van der Waals surface area contributed by atoms with Crippen LogP contribution in [0.15, 0.2) is 4.79 Å². The van der Waals surface area contributed by atoms with E-state index < -0.39 is 0 Å². The number of halogens is 2. The molecule has 0 aliphatic carbocycles. The van der Waals surface area contributed by atoms with Crippen molar-refractivity contribution in [3.63, 3.8) is 0 Å². The Balaban J connectivity index is 2.67. The van der Waals surface area contributed by atoms with E-state index in [0.717, 1.165) is 6.42 Å². The molecule has 0 bridgehead atoms. The van der Waals surface area contributed by atoms with Crippen molar-refractivity contribution in [2.75, 3.05) is 13.7 Å². The molecule has 1 heterocycles. The summed E-state index contributed by atoms with van der Waals surface area (Å²) in [6.07, 6.45) is 0.781. The maximum Gasteiger partial charge on any atom is 0.280 e. The van der Waals surface area contributed by atoms with E-state index in [4.69, 9.17) is 27.9 Å². The third-order valence-corrected chi connectivity index (χ3v) is 3.38. The quantitative estimate of drug-likeness (QED) is 0.758. The van der Waals surface area contributed by atoms with E-state index in [1.807, 2.05) is 0 Å². The first-order chi connectivity index (χ1) is 6.16. The predicted octanol–water partition coefficient (Wildman–Crippen LogP) is 2.25. The van der Waals surface area contributed by atoms with Crippen molar-refractivity contribution in [3.8, 4) is 0 Å². The third-order valence-electron chi connectivity index (χ3n) is 1.49. The van der Waals surface area contributed by atoms with Crippen LogP contribution in [0.3, 0.4) is 0 Å². The van der Waals surface area contributed by atoms with E-state index in [1.54, 1.807) is 7.11 Å². The van der Waals surface area contributed by atoms with Crippen LogP contribution >= 0.6 is 34.7 Å². The Morgan fingerprint density at radius 1 is 1.54 bits per heavy atom. The first kappa shape index (κ1) is 11.0. The van der Waals surface area contributed by atoms with Crippen LogP contribution in [0.4, 0.5) is 0 Å². The van der Waals surface area contributed by atoms with Crippen molar-refractivity contribution in [2.45, 2.75) is 13.0 Å². The molecule has 0 fully saturated rings. The minimum atomic E-state index is -0.215. The van der Waals surface area contributed by atoms with E-state index >= 15 is 0 Å². The van der Waals surface area contributed by atoms with Gasteiger partial charge in [-0.2, -0.15) is 0 Å². The summed E-state index contributed by atoms with van der Waals surface area (Å²) in [6, 6.07) is 0. The highest BCUT2D eigenvalue weighted by Gasteiger charge is 2.09. The Morgan fingerprint density at radius 2 is 2.23 bits per heavy atom. The molecule has 0 saturated carbocycles. The standard InChI is InChI=1S/C7H9Cl2NO2S/c1-12-4-2-3-10-7(11)5(8)6(9)13-10/h2-4H2,1H3. The topological polar surface area (TPSA) is 31.2 Å². The Morgan fingerprint density at radius 3 is 2.69 bits per heavy atom. The first-order valence-electron chi connectivity index (χ1n) is 3.71. The van der Waals surface area contributed by atoms with Gasteiger partial charge in [0.15, 0.2) is 0 Å². The lowest BCUT2D eigenvalue weighted by atomic mass is 10.4. The summed E-state index contributed by atoms with van der Waals surface area (Å²) in [5.74, 6) is 0. The lowest BCUT2D eigenvalue weighted by Gasteiger charge is -1.98. The number of hydrogen-bond donors (Lipinski definition) is 0. The van der Waals surface area contributed by atoms with Gasteiger partial charge in [-0.3, -0.25) is 8.75 Å². The van der Waals surface area contributed by atoms with Crippen molar-refractivity contribution >= 4 is 34.7 Å². The summed E-state index contributed by atoms with van der Waals surface area (Å²) in [5, 5.41) is 0.115. The van der Waals surface area contributed by atoms with Gasteiger partial charge in [-0.1, -0.05) is 23.2 Å². The second-order valence-electron chi connectivity index (χ2n) is 2.43. The zero-order valence-electron chi connectivity index (χ0n) is 7.05. The highest BCUT2D eigenvalue weighted by atomic mass is 35.5. The van der Waals surface area contributed by atoms with E-state index in [9.17, 15) is 4.79 Å². The van der Waals surface area contributed by atoms with E-state index in [-0.39, 0.29) is 10.6 Å². The average Bonchev–Trinajstić information content (AvgIpc) is 2.34. The van der Waals surface area contributed by atoms with E-state index in [1.165, 1.54) is 15.5 Å². The molecule has 0 aromatic carbocycles. The molecule has 74 valence electrons. The predicted molar refractivity (Wildman–Crippen MR) is 55.1 cm³/mol. The van der Waals surface area contributed by atoms with E-state index in [0.29, 0.717) is 17.5 Å². The summed E-state index contributed by atoms with van der Waals surface area (Å²) in [6.45, 7) is 1.23. The zero-order valence-corrected chi connectivity index (χ0v) is 9.38. The molecule has 0 atom stereocenters. The van der Waals surface area contributed by atoms with Gasteiger partial charge >= 0.3 is 0 Å². The maximum atomic E-state index is 11.3. The van der Waals surface area contributed by atoms with Crippen LogP contribution in [0.2, 0.25) is 9.36 Å². The molecule has 1 aromatic rings. The number of aromatic nitrogens is 1. The largest absolute Gasteiger partial charge is 0.385 e. The third kappa shape index (κ3) is 2.71. The fourth-order valence-electron chi connectivity index (χ4n) is 0.872. The molecule has 0 aliphatic rings. The Kier molecular flexibility index (Phi) is 4.25. The molecule has 3 nitrogen and oxygen atoms in total. The van der Waals surface area contributed by atoms with Gasteiger partial charge in [-0.05, 0) is 18.0 Å². The van der Waals surface area contributed by atoms with Gasteiger partial charge in [0.05, 0.1) is 0 Å². The van der Waals surface area contributed by atoms with Gasteiger partial charge in [0.25, 0.3) is 5.56 Å². The molecule has 13 heavy (non-hydrogen) atoms. The zero-order chi connectivity index (χ0) is 9.84. The minimum absolute atomic E-state index is 0.115. The van der Waals surface area contributed by atoms with Gasteiger partial charge < -0.3 is 4.74 Å². The molecular weight excluding hydrogens is 233 g/mol. The average molecular weight is 242 g/mol. The summed E-state index contributed by atoms with van der Waals surface area (Å²) >= 11 is 12.5. The fraction of sp³-hybridized carbons (Fsp3) is 0.571. The number of rotatable bonds is 4. The highest BCUT2D eigenvalue weighted by molar-refractivity contribution is 7.11. The molecule has 6 heteroatoms. The number of nitrogens with zero attached hydrogens (tertiary/aromatic N) is 1. The van der Waals surface area contributed by atoms with Crippen LogP contribution in [-0.4, -0.2) is 17.7 Å². The summed E-state index contributed by atoms with van der Waals surface area (Å²) in [4.78, 5) is 11.3. The normalized spacial score (nSPS) is 10.7. The monoisotopic (exact) mass is 241 g/mol. The second kappa shape index (κ2) is 5.00. The fourth-order valence-corrected chi connectivity index (χ4v) is 2.21. The summed E-state index contributed by atoms with van der Waals surface area (Å²) in [7, 11) is 1.62. The van der Waals surface area contributed by atoms with Crippen molar-refractivity contribution in [3.05, 3.63) is 19.7 Å². The van der Waals surface area contributed by atoms with Crippen LogP contribution in [0.1, 0.15) is 6.42 Å². The molecule has 0 N–H and O–H groups in total. The molecular formula is C7H9Cl2NO2S. The summed E-state index contributed by atoms with van der Waals surface area (Å²) < 4.78 is 6.75. The molecule has 1 rings (SSSR count). The molecule has 0 spiro atoms. The number of hydrogen-bond acceptors (Lipinski definition) is 3. The van der Waals surface area contributed by atoms with Gasteiger partial charge in [0, 0.05) is 20.3 Å². The van der Waals surface area contributed by atoms with Crippen LogP contribution in [0, 0.1) is 0 Å². The maximum absolute atomic E-state index is 11.3. The van der Waals surface area contributed by atoms with E-state index in [2.05, 4.69) is 0 Å². The van der Waals surface area contributed by atoms with Crippen LogP contribution in [-0.2, 0) is 11.3 Å². The molecule has 0 saturated heterocycles. The SMILES string of the molecule is COCCCn1sc(Cl)c(Cl)c1=O. The number of ether oxygens (including phenoxy) is 1. The minimum Gasteiger partial charge on any atom is -0.385 e. The van der Waals surface area contributed by atoms with Crippen molar-refractivity contribution in [1.82, 2.24) is 3.96 Å². The number of aryl methyl sites for hydroxylation is 1. The Hall–Kier alpha value is -0.0300. The van der Waals surface area contributed by atoms with Crippen molar-refractivity contribution in [2.24, 2.45) is 0 Å². The Labute approximate surface area is 90.0 Å². The lowest BCUT2D eigenvalue weighted by Crippen LogP contribution is -2.14. The number of methoxy groups -OCH3 is 1. The van der Waals surface area contributed by atoms with Crippen molar-refractivity contribution in [1.29, 1.82) is 0 Å². The smallest absolute Gasteiger partial charge is 0.280 e. The molecule has 0 aliphatic heterocycles. The first-order valence-corrected chi connectivity index (χ1v) is 5.23. The Bertz CT molecular complexity index is 334. The van der Waals surface area contributed by atoms with Gasteiger partial charge in [-0.25, -0.2) is 0 Å². The second-order valence-corrected chi connectivity index (χ2v) is 4.44. The molecule has 1 aromatic heterocycles. The van der Waals surface area contributed by atoms with Crippen molar-refractivity contribution < 1.29 is 4.74 Å². The molecule has 0 radical (unpaired) electrons. The van der Waals surface area contributed by atoms with Crippen LogP contribution in [0.25, 0.3) is 0 Å². The van der Waals surface area contributed by atoms with Gasteiger partial charge in [0.1, 0.15) is 9.36 Å². The highest BCUT2D eigenvalue weighted by Crippen LogP contribution is 2.23. The molecule has 0 unspecified atom stereocenters. The van der Waals surface area contributed by atoms with Crippen LogP contribution < -0.4 is 5.56 Å². The van der Waals surface area contributed by atoms with Gasteiger partial charge in [-0.15, -0.1) is 0 Å².